The first-order chi connectivity index (χ1) is 11.8. The summed E-state index contributed by atoms with van der Waals surface area (Å²) in [6.45, 7) is 8.20. The van der Waals surface area contributed by atoms with Crippen molar-refractivity contribution in [1.29, 1.82) is 0 Å². The second-order valence-electron chi connectivity index (χ2n) is 8.31. The topological polar surface area (TPSA) is 53.7 Å². The molecule has 1 aliphatic heterocycles. The number of rotatable bonds is 1. The molecule has 1 aromatic heterocycles. The molecule has 0 unspecified atom stereocenters. The van der Waals surface area contributed by atoms with Crippen LogP contribution in [0.25, 0.3) is 0 Å². The van der Waals surface area contributed by atoms with Crippen LogP contribution in [0, 0.1) is 12.3 Å². The summed E-state index contributed by atoms with van der Waals surface area (Å²) in [6.07, 6.45) is 1.74. The molecule has 4 rings (SSSR count). The van der Waals surface area contributed by atoms with Gasteiger partial charge < -0.3 is 14.4 Å². The van der Waals surface area contributed by atoms with E-state index in [1.807, 2.05) is 30.0 Å². The fourth-order valence-electron chi connectivity index (χ4n) is 4.47. The second-order valence-corrected chi connectivity index (χ2v) is 8.31. The predicted octanol–water partition coefficient (Wildman–Crippen LogP) is 4.19. The van der Waals surface area contributed by atoms with Crippen LogP contribution in [0.3, 0.4) is 0 Å². The van der Waals surface area contributed by atoms with Gasteiger partial charge in [-0.05, 0) is 43.7 Å². The number of amides is 1. The minimum atomic E-state index is -0.563. The Morgan fingerprint density at radius 1 is 1.32 bits per heavy atom. The summed E-state index contributed by atoms with van der Waals surface area (Å²) in [5, 5.41) is 10.6. The maximum absolute atomic E-state index is 13.3. The van der Waals surface area contributed by atoms with Crippen LogP contribution in [0.1, 0.15) is 66.3 Å². The maximum atomic E-state index is 13.3. The number of carbonyl (C=O) groups excluding carboxylic acids is 1. The number of para-hydroxylation sites is 1. The van der Waals surface area contributed by atoms with E-state index in [0.717, 1.165) is 35.4 Å². The molecule has 132 valence electrons. The monoisotopic (exact) mass is 339 g/mol. The first kappa shape index (κ1) is 16.4. The number of carbonyl (C=O) groups is 1. The van der Waals surface area contributed by atoms with Crippen LogP contribution in [-0.2, 0) is 12.8 Å². The van der Waals surface area contributed by atoms with Crippen LogP contribution < -0.4 is 4.90 Å². The minimum absolute atomic E-state index is 0.0233. The first-order valence-electron chi connectivity index (χ1n) is 9.00. The third-order valence-electron chi connectivity index (χ3n) is 5.61. The second kappa shape index (κ2) is 5.46. The van der Waals surface area contributed by atoms with Gasteiger partial charge in [-0.2, -0.15) is 0 Å². The van der Waals surface area contributed by atoms with Crippen molar-refractivity contribution in [1.82, 2.24) is 0 Å². The van der Waals surface area contributed by atoms with Gasteiger partial charge in [0.15, 0.2) is 5.76 Å². The number of furan rings is 1. The van der Waals surface area contributed by atoms with Crippen LogP contribution in [0.5, 0.6) is 0 Å². The van der Waals surface area contributed by atoms with Crippen LogP contribution in [0.4, 0.5) is 5.69 Å². The SMILES string of the molecule is Cc1c(C(=O)N2c3ccccc3C[C@H]2C)oc2c1[C@H](O)CC(C)(C)C2. The zero-order valence-electron chi connectivity index (χ0n) is 15.3. The van der Waals surface area contributed by atoms with E-state index >= 15 is 0 Å². The summed E-state index contributed by atoms with van der Waals surface area (Å²) in [7, 11) is 0. The van der Waals surface area contributed by atoms with Gasteiger partial charge >= 0.3 is 0 Å². The molecule has 2 aliphatic rings. The lowest BCUT2D eigenvalue weighted by Gasteiger charge is -2.31. The van der Waals surface area contributed by atoms with E-state index in [2.05, 4.69) is 26.8 Å². The summed E-state index contributed by atoms with van der Waals surface area (Å²) in [5.41, 5.74) is 3.75. The number of aliphatic hydroxyl groups excluding tert-OH is 1. The van der Waals surface area contributed by atoms with Crippen LogP contribution in [-0.4, -0.2) is 17.1 Å². The molecule has 0 spiro atoms. The van der Waals surface area contributed by atoms with Gasteiger partial charge in [-0.25, -0.2) is 0 Å². The molecule has 0 saturated carbocycles. The van der Waals surface area contributed by atoms with Gasteiger partial charge in [0, 0.05) is 29.3 Å². The Balaban J connectivity index is 1.76. The Hall–Kier alpha value is -2.07. The lowest BCUT2D eigenvalue weighted by atomic mass is 9.75. The van der Waals surface area contributed by atoms with Gasteiger partial charge in [-0.1, -0.05) is 32.0 Å². The van der Waals surface area contributed by atoms with E-state index in [0.29, 0.717) is 12.2 Å². The molecule has 1 aromatic carbocycles. The average molecular weight is 339 g/mol. The summed E-state index contributed by atoms with van der Waals surface area (Å²) < 4.78 is 6.03. The lowest BCUT2D eigenvalue weighted by Crippen LogP contribution is -2.35. The van der Waals surface area contributed by atoms with Gasteiger partial charge in [-0.15, -0.1) is 0 Å². The van der Waals surface area contributed by atoms with E-state index in [9.17, 15) is 9.90 Å². The third kappa shape index (κ3) is 2.51. The van der Waals surface area contributed by atoms with Gasteiger partial charge in [0.2, 0.25) is 0 Å². The van der Waals surface area contributed by atoms with E-state index < -0.39 is 6.10 Å². The van der Waals surface area contributed by atoms with Crippen molar-refractivity contribution in [3.05, 3.63) is 52.5 Å². The summed E-state index contributed by atoms with van der Waals surface area (Å²) in [6, 6.07) is 8.14. The van der Waals surface area contributed by atoms with Crippen molar-refractivity contribution in [2.45, 2.75) is 59.1 Å². The molecule has 25 heavy (non-hydrogen) atoms. The van der Waals surface area contributed by atoms with Gasteiger partial charge in [-0.3, -0.25) is 4.79 Å². The molecule has 1 amide bonds. The molecule has 1 N–H and O–H groups in total. The van der Waals surface area contributed by atoms with Crippen molar-refractivity contribution in [2.24, 2.45) is 5.41 Å². The molecule has 2 atom stereocenters. The lowest BCUT2D eigenvalue weighted by molar-refractivity contribution is 0.0898. The van der Waals surface area contributed by atoms with Crippen LogP contribution >= 0.6 is 0 Å². The van der Waals surface area contributed by atoms with E-state index in [-0.39, 0.29) is 17.4 Å². The average Bonchev–Trinajstić information content (AvgIpc) is 3.02. The largest absolute Gasteiger partial charge is 0.455 e. The highest BCUT2D eigenvalue weighted by Crippen LogP contribution is 2.44. The fourth-order valence-corrected chi connectivity index (χ4v) is 4.47. The number of nitrogens with zero attached hydrogens (tertiary/aromatic N) is 1. The Kier molecular flexibility index (Phi) is 3.58. The Labute approximate surface area is 148 Å². The Bertz CT molecular complexity index is 849. The van der Waals surface area contributed by atoms with E-state index in [4.69, 9.17) is 4.42 Å². The van der Waals surface area contributed by atoms with Gasteiger partial charge in [0.05, 0.1) is 6.10 Å². The normalized spacial score (nSPS) is 24.1. The summed E-state index contributed by atoms with van der Waals surface area (Å²) in [4.78, 5) is 15.1. The quantitative estimate of drug-likeness (QED) is 0.848. The molecular weight excluding hydrogens is 314 g/mol. The van der Waals surface area contributed by atoms with Crippen molar-refractivity contribution in [3.63, 3.8) is 0 Å². The fraction of sp³-hybridized carbons (Fsp3) is 0.476. The van der Waals surface area contributed by atoms with Crippen LogP contribution in [0.2, 0.25) is 0 Å². The van der Waals surface area contributed by atoms with E-state index in [1.165, 1.54) is 5.56 Å². The smallest absolute Gasteiger partial charge is 0.294 e. The van der Waals surface area contributed by atoms with Gasteiger partial charge in [0.1, 0.15) is 5.76 Å². The molecule has 0 saturated heterocycles. The summed E-state index contributed by atoms with van der Waals surface area (Å²) in [5.74, 6) is 1.05. The van der Waals surface area contributed by atoms with E-state index in [1.54, 1.807) is 0 Å². The zero-order chi connectivity index (χ0) is 17.9. The zero-order valence-corrected chi connectivity index (χ0v) is 15.3. The van der Waals surface area contributed by atoms with Crippen LogP contribution in [0.15, 0.2) is 28.7 Å². The number of hydrogen-bond acceptors (Lipinski definition) is 3. The molecule has 4 heteroatoms. The van der Waals surface area contributed by atoms with Crippen molar-refractivity contribution in [3.8, 4) is 0 Å². The molecule has 1 aliphatic carbocycles. The number of aliphatic hydroxyl groups is 1. The third-order valence-corrected chi connectivity index (χ3v) is 5.61. The summed E-state index contributed by atoms with van der Waals surface area (Å²) >= 11 is 0. The molecular formula is C21H25NO3. The molecule has 0 fully saturated rings. The molecule has 0 radical (unpaired) electrons. The highest BCUT2D eigenvalue weighted by atomic mass is 16.4. The number of benzene rings is 1. The standard InChI is InChI=1S/C21H25NO3/c1-12-9-14-7-5-6-8-15(14)22(12)20(24)19-13(2)18-16(23)10-21(3,4)11-17(18)25-19/h5-8,12,16,23H,9-11H2,1-4H3/t12-,16-/m1/s1. The highest BCUT2D eigenvalue weighted by molar-refractivity contribution is 6.07. The Morgan fingerprint density at radius 2 is 2.04 bits per heavy atom. The number of hydrogen-bond donors (Lipinski definition) is 1. The maximum Gasteiger partial charge on any atom is 0.294 e. The first-order valence-corrected chi connectivity index (χ1v) is 9.00. The highest BCUT2D eigenvalue weighted by Gasteiger charge is 2.39. The van der Waals surface area contributed by atoms with Crippen molar-refractivity contribution >= 4 is 11.6 Å². The minimum Gasteiger partial charge on any atom is -0.455 e. The molecule has 4 nitrogen and oxygen atoms in total. The Morgan fingerprint density at radius 3 is 2.80 bits per heavy atom. The van der Waals surface area contributed by atoms with Crippen molar-refractivity contribution < 1.29 is 14.3 Å². The number of fused-ring (bicyclic) bond motifs is 2. The van der Waals surface area contributed by atoms with Gasteiger partial charge in [0.25, 0.3) is 5.91 Å². The van der Waals surface area contributed by atoms with Crippen molar-refractivity contribution in [2.75, 3.05) is 4.90 Å². The molecule has 0 bridgehead atoms. The molecule has 2 aromatic rings. The predicted molar refractivity (Wildman–Crippen MR) is 96.9 cm³/mol. The molecule has 2 heterocycles. The number of anilines is 1.